The Hall–Kier alpha value is 0.302. The summed E-state index contributed by atoms with van der Waals surface area (Å²) in [7, 11) is 0.385. The average Bonchev–Trinajstić information content (AvgIpc) is 2.71. The summed E-state index contributed by atoms with van der Waals surface area (Å²) in [6.45, 7) is 6.60. The molecule has 0 saturated heterocycles. The van der Waals surface area contributed by atoms with Gasteiger partial charge < -0.3 is 9.90 Å². The standard InChI is InChI=1S/C18H33P.C4H7.C2H4O2.Pd/c1-4-10-16(11-5-1)19(17-12-6-2-7-13-17)18-14-8-3-9-15-18;1-4(2)3;1-2(3)4;/h16-18H,1-15H2;1-2H2,3H3;1H3,(H,3,4);/q;;;+1/p-1. The summed E-state index contributed by atoms with van der Waals surface area (Å²) in [6, 6.07) is 0. The molecule has 0 spiro atoms. The van der Waals surface area contributed by atoms with E-state index in [1.54, 1.807) is 77.0 Å². The predicted octanol–water partition coefficient (Wildman–Crippen LogP) is 6.75. The van der Waals surface area contributed by atoms with Gasteiger partial charge in [0.1, 0.15) is 0 Å². The van der Waals surface area contributed by atoms with Crippen molar-refractivity contribution in [3.63, 3.8) is 0 Å². The van der Waals surface area contributed by atoms with Gasteiger partial charge in [0.15, 0.2) is 0 Å². The van der Waals surface area contributed by atoms with Gasteiger partial charge >= 0.3 is 43.2 Å². The van der Waals surface area contributed by atoms with Crippen LogP contribution in [-0.4, -0.2) is 22.9 Å². The normalized spacial score (nSPS) is 21.9. The van der Waals surface area contributed by atoms with E-state index < -0.39 is 5.97 Å². The minimum absolute atomic E-state index is 0.385. The Labute approximate surface area is 186 Å². The van der Waals surface area contributed by atoms with E-state index in [4.69, 9.17) is 9.90 Å². The van der Waals surface area contributed by atoms with Crippen LogP contribution in [0.15, 0.2) is 12.2 Å². The molecular weight excluding hydrogens is 458 g/mol. The Kier molecular flexibility index (Phi) is 15.1. The summed E-state index contributed by atoms with van der Waals surface area (Å²) in [5.74, 6) is -1.08. The monoisotopic (exact) mass is 500 g/mol. The first kappa shape index (κ1) is 26.3. The number of carboxylic acids is 1. The minimum atomic E-state index is -1.08. The zero-order valence-corrected chi connectivity index (χ0v) is 20.8. The molecule has 4 heteroatoms. The molecule has 3 saturated carbocycles. The molecule has 166 valence electrons. The number of carboxylic acid groups (broad SMARTS) is 1. The second kappa shape index (κ2) is 16.1. The fraction of sp³-hybridized carbons (Fsp3) is 0.875. The number of allylic oxidation sites excluding steroid dienone is 1. The molecule has 2 nitrogen and oxygen atoms in total. The van der Waals surface area contributed by atoms with Crippen molar-refractivity contribution < 1.29 is 29.1 Å². The first-order valence-electron chi connectivity index (χ1n) is 11.6. The molecule has 0 aliphatic heterocycles. The van der Waals surface area contributed by atoms with Gasteiger partial charge in [-0.25, -0.2) is 0 Å². The smallest absolute Gasteiger partial charge is 0.0383 e. The molecule has 0 aromatic heterocycles. The third-order valence-electron chi connectivity index (χ3n) is 6.18. The number of aliphatic carboxylic acids is 1. The molecule has 0 unspecified atom stereocenters. The molecular formula is C24H43O2PPd. The SMILES string of the molecule is C1CCC(P(C2CCCCC2)C2CCCCC2)CC1.C=C(C)[CH2][Pd+].CC(=O)[O-]. The zero-order valence-electron chi connectivity index (χ0n) is 18.3. The maximum atomic E-state index is 8.89. The Morgan fingerprint density at radius 2 is 1.00 bits per heavy atom. The van der Waals surface area contributed by atoms with Crippen LogP contribution < -0.4 is 5.11 Å². The van der Waals surface area contributed by atoms with Crippen LogP contribution in [0.25, 0.3) is 0 Å². The van der Waals surface area contributed by atoms with Crippen LogP contribution in [0, 0.1) is 0 Å². The molecule has 0 atom stereocenters. The van der Waals surface area contributed by atoms with E-state index >= 15 is 0 Å². The van der Waals surface area contributed by atoms with Crippen LogP contribution >= 0.6 is 7.92 Å². The number of carbonyl (C=O) groups excluding carboxylic acids is 1. The summed E-state index contributed by atoms with van der Waals surface area (Å²) >= 11 is 2.99. The van der Waals surface area contributed by atoms with Crippen LogP contribution in [0.3, 0.4) is 0 Å². The predicted molar refractivity (Wildman–Crippen MR) is 118 cm³/mol. The molecule has 3 fully saturated rings. The molecule has 0 amide bonds. The van der Waals surface area contributed by atoms with Gasteiger partial charge in [0.25, 0.3) is 0 Å². The number of carbonyl (C=O) groups is 1. The fourth-order valence-electron chi connectivity index (χ4n) is 5.03. The fourth-order valence-corrected chi connectivity index (χ4v) is 9.71. The Morgan fingerprint density at radius 1 is 0.786 bits per heavy atom. The minimum Gasteiger partial charge on any atom is -0.550 e. The summed E-state index contributed by atoms with van der Waals surface area (Å²) in [6.07, 6.45) is 23.6. The molecule has 0 N–H and O–H groups in total. The van der Waals surface area contributed by atoms with Crippen molar-refractivity contribution in [1.82, 2.24) is 0 Å². The van der Waals surface area contributed by atoms with E-state index in [-0.39, 0.29) is 0 Å². The molecule has 28 heavy (non-hydrogen) atoms. The van der Waals surface area contributed by atoms with Gasteiger partial charge in [0, 0.05) is 5.97 Å². The van der Waals surface area contributed by atoms with Gasteiger partial charge in [0.05, 0.1) is 0 Å². The molecule has 3 aliphatic carbocycles. The van der Waals surface area contributed by atoms with Gasteiger partial charge in [0.2, 0.25) is 0 Å². The number of hydrogen-bond donors (Lipinski definition) is 0. The van der Waals surface area contributed by atoms with Gasteiger partial charge in [-0.15, -0.1) is 0 Å². The van der Waals surface area contributed by atoms with Crippen LogP contribution in [-0.2, 0) is 24.0 Å². The van der Waals surface area contributed by atoms with E-state index in [1.807, 2.05) is 6.92 Å². The summed E-state index contributed by atoms with van der Waals surface area (Å²) < 4.78 is 0. The quantitative estimate of drug-likeness (QED) is 0.243. The van der Waals surface area contributed by atoms with E-state index in [0.717, 1.165) is 11.8 Å². The van der Waals surface area contributed by atoms with Crippen molar-refractivity contribution in [2.75, 3.05) is 0 Å². The van der Waals surface area contributed by atoms with Crippen molar-refractivity contribution in [3.05, 3.63) is 12.2 Å². The first-order valence-corrected chi connectivity index (χ1v) is 14.2. The van der Waals surface area contributed by atoms with Crippen molar-refractivity contribution >= 4 is 13.9 Å². The number of rotatable bonds is 4. The molecule has 0 aromatic carbocycles. The van der Waals surface area contributed by atoms with E-state index in [9.17, 15) is 0 Å². The van der Waals surface area contributed by atoms with Gasteiger partial charge in [-0.1, -0.05) is 65.7 Å². The average molecular weight is 501 g/mol. The second-order valence-electron chi connectivity index (χ2n) is 8.88. The molecule has 0 bridgehead atoms. The molecule has 0 heterocycles. The largest absolute Gasteiger partial charge is 0.550 e. The van der Waals surface area contributed by atoms with Crippen molar-refractivity contribution in [2.45, 2.75) is 132 Å². The van der Waals surface area contributed by atoms with E-state index in [1.165, 1.54) is 41.8 Å². The van der Waals surface area contributed by atoms with Crippen molar-refractivity contribution in [1.29, 1.82) is 0 Å². The third-order valence-corrected chi connectivity index (χ3v) is 11.2. The van der Waals surface area contributed by atoms with Gasteiger partial charge in [-0.05, 0) is 62.4 Å². The Bertz CT molecular complexity index is 376. The van der Waals surface area contributed by atoms with Gasteiger partial charge in [-0.3, -0.25) is 0 Å². The third kappa shape index (κ3) is 11.5. The Morgan fingerprint density at radius 3 is 1.18 bits per heavy atom. The molecule has 3 aliphatic rings. The van der Waals surface area contributed by atoms with Crippen molar-refractivity contribution in [2.24, 2.45) is 0 Å². The zero-order chi connectivity index (χ0) is 20.8. The number of hydrogen-bond acceptors (Lipinski definition) is 2. The maximum Gasteiger partial charge on any atom is 0.0383 e. The molecule has 0 radical (unpaired) electrons. The van der Waals surface area contributed by atoms with Crippen LogP contribution in [0.5, 0.6) is 0 Å². The Balaban J connectivity index is 0.000000369. The summed E-state index contributed by atoms with van der Waals surface area (Å²) in [5.41, 5.74) is 4.76. The maximum absolute atomic E-state index is 8.89. The summed E-state index contributed by atoms with van der Waals surface area (Å²) in [5, 5.41) is 8.89. The topological polar surface area (TPSA) is 40.1 Å². The molecule has 3 rings (SSSR count). The van der Waals surface area contributed by atoms with Crippen molar-refractivity contribution in [3.8, 4) is 0 Å². The van der Waals surface area contributed by atoms with Gasteiger partial charge in [-0.2, -0.15) is 0 Å². The van der Waals surface area contributed by atoms with Crippen LogP contribution in [0.2, 0.25) is 4.89 Å². The summed E-state index contributed by atoms with van der Waals surface area (Å²) in [4.78, 5) is 9.85. The van der Waals surface area contributed by atoms with E-state index in [0.29, 0.717) is 7.92 Å². The van der Waals surface area contributed by atoms with Crippen LogP contribution in [0.1, 0.15) is 110 Å². The molecule has 0 aromatic rings. The van der Waals surface area contributed by atoms with Crippen LogP contribution in [0.4, 0.5) is 0 Å². The second-order valence-corrected chi connectivity index (χ2v) is 12.5. The van der Waals surface area contributed by atoms with E-state index in [2.05, 4.69) is 25.8 Å². The first-order chi connectivity index (χ1) is 13.5.